The van der Waals surface area contributed by atoms with Crippen molar-refractivity contribution in [1.82, 2.24) is 10.3 Å². The predicted molar refractivity (Wildman–Crippen MR) is 67.0 cm³/mol. The van der Waals surface area contributed by atoms with Gasteiger partial charge in [-0.15, -0.1) is 0 Å². The molecule has 0 saturated carbocycles. The van der Waals surface area contributed by atoms with Crippen LogP contribution in [0, 0.1) is 0 Å². The second-order valence-electron chi connectivity index (χ2n) is 3.48. The molecule has 0 aromatic carbocycles. The summed E-state index contributed by atoms with van der Waals surface area (Å²) in [7, 11) is 1.55. The number of methoxy groups -OCH3 is 1. The number of nitrogens with zero attached hydrogens (tertiary/aromatic N) is 1. The van der Waals surface area contributed by atoms with Crippen LogP contribution in [0.3, 0.4) is 0 Å². The van der Waals surface area contributed by atoms with E-state index in [-0.39, 0.29) is 10.8 Å². The number of ether oxygens (including phenoxy) is 1. The van der Waals surface area contributed by atoms with Gasteiger partial charge in [0.2, 0.25) is 5.91 Å². The number of thiazole rings is 1. The molecule has 0 fully saturated rings. The Morgan fingerprint density at radius 1 is 1.61 bits per heavy atom. The molecule has 1 aromatic heterocycles. The highest BCUT2D eigenvalue weighted by Gasteiger charge is 2.15. The summed E-state index contributed by atoms with van der Waals surface area (Å²) < 4.78 is 4.81. The fourth-order valence-electron chi connectivity index (χ4n) is 1.12. The summed E-state index contributed by atoms with van der Waals surface area (Å²) in [5.41, 5.74) is 0. The van der Waals surface area contributed by atoms with E-state index in [0.29, 0.717) is 18.3 Å². The zero-order valence-corrected chi connectivity index (χ0v) is 10.9. The zero-order chi connectivity index (χ0) is 13.5. The minimum Gasteiger partial charge on any atom is -0.477 e. The third-order valence-corrected chi connectivity index (χ3v) is 2.97. The highest BCUT2D eigenvalue weighted by Crippen LogP contribution is 2.18. The van der Waals surface area contributed by atoms with Gasteiger partial charge < -0.3 is 20.5 Å². The smallest absolute Gasteiger partial charge is 0.347 e. The number of carbonyl (C=O) groups is 2. The molecule has 0 aliphatic heterocycles. The van der Waals surface area contributed by atoms with Crippen LogP contribution in [0.4, 0.5) is 5.13 Å². The number of aromatic nitrogens is 1. The molecule has 7 nitrogen and oxygen atoms in total. The van der Waals surface area contributed by atoms with Crippen molar-refractivity contribution in [2.45, 2.75) is 13.0 Å². The maximum atomic E-state index is 11.6. The van der Waals surface area contributed by atoms with Gasteiger partial charge in [-0.25, -0.2) is 9.78 Å². The highest BCUT2D eigenvalue weighted by molar-refractivity contribution is 7.17. The fraction of sp³-hybridized carbons (Fsp3) is 0.500. The third kappa shape index (κ3) is 4.30. The Morgan fingerprint density at radius 2 is 2.33 bits per heavy atom. The van der Waals surface area contributed by atoms with Crippen molar-refractivity contribution < 1.29 is 19.4 Å². The van der Waals surface area contributed by atoms with Crippen LogP contribution in [0.5, 0.6) is 0 Å². The molecular formula is C10H15N3O4S. The molecule has 0 saturated heterocycles. The number of carbonyl (C=O) groups excluding carboxylic acids is 1. The molecule has 8 heteroatoms. The maximum Gasteiger partial charge on any atom is 0.347 e. The molecular weight excluding hydrogens is 258 g/mol. The summed E-state index contributed by atoms with van der Waals surface area (Å²) in [5, 5.41) is 14.6. The summed E-state index contributed by atoms with van der Waals surface area (Å²) in [6, 6.07) is -0.491. The molecule has 0 aliphatic rings. The van der Waals surface area contributed by atoms with Crippen LogP contribution in [0.15, 0.2) is 6.20 Å². The zero-order valence-electron chi connectivity index (χ0n) is 10.1. The van der Waals surface area contributed by atoms with Crippen molar-refractivity contribution in [2.75, 3.05) is 25.6 Å². The number of anilines is 1. The minimum absolute atomic E-state index is 0.129. The first kappa shape index (κ1) is 14.4. The van der Waals surface area contributed by atoms with Gasteiger partial charge in [0.25, 0.3) is 0 Å². The van der Waals surface area contributed by atoms with E-state index in [1.165, 1.54) is 6.20 Å². The Bertz CT molecular complexity index is 421. The Hall–Kier alpha value is -1.67. The van der Waals surface area contributed by atoms with Crippen molar-refractivity contribution >= 4 is 28.3 Å². The number of carboxylic acids is 1. The van der Waals surface area contributed by atoms with Crippen LogP contribution in [0.1, 0.15) is 16.6 Å². The second-order valence-corrected chi connectivity index (χ2v) is 4.52. The van der Waals surface area contributed by atoms with E-state index in [1.807, 2.05) is 0 Å². The molecule has 0 radical (unpaired) electrons. The van der Waals surface area contributed by atoms with Gasteiger partial charge in [0, 0.05) is 13.7 Å². The lowest BCUT2D eigenvalue weighted by Gasteiger charge is -2.12. The summed E-state index contributed by atoms with van der Waals surface area (Å²) in [6.07, 6.45) is 1.25. The number of carboxylic acid groups (broad SMARTS) is 1. The van der Waals surface area contributed by atoms with Gasteiger partial charge in [0.1, 0.15) is 10.9 Å². The van der Waals surface area contributed by atoms with Crippen LogP contribution in [-0.2, 0) is 9.53 Å². The van der Waals surface area contributed by atoms with Crippen LogP contribution in [0.25, 0.3) is 0 Å². The Labute approximate surface area is 108 Å². The molecule has 0 bridgehead atoms. The molecule has 0 aliphatic carbocycles. The standard InChI is InChI=1S/C10H15N3O4S/c1-6(8(14)11-3-4-17-2)13-10-12-5-7(18-10)9(15)16/h5-6H,3-4H2,1-2H3,(H,11,14)(H,12,13)(H,15,16). The third-order valence-electron chi connectivity index (χ3n) is 2.06. The van der Waals surface area contributed by atoms with Gasteiger partial charge in [-0.2, -0.15) is 0 Å². The molecule has 1 atom stereocenters. The number of hydrogen-bond acceptors (Lipinski definition) is 6. The van der Waals surface area contributed by atoms with E-state index in [9.17, 15) is 9.59 Å². The molecule has 0 spiro atoms. The van der Waals surface area contributed by atoms with Crippen LogP contribution in [0.2, 0.25) is 0 Å². The molecule has 1 amide bonds. The number of aromatic carboxylic acids is 1. The average molecular weight is 273 g/mol. The van der Waals surface area contributed by atoms with Crippen molar-refractivity contribution in [1.29, 1.82) is 0 Å². The van der Waals surface area contributed by atoms with Gasteiger partial charge in [-0.1, -0.05) is 11.3 Å². The first-order valence-electron chi connectivity index (χ1n) is 5.27. The highest BCUT2D eigenvalue weighted by atomic mass is 32.1. The molecule has 100 valence electrons. The Balaban J connectivity index is 2.45. The van der Waals surface area contributed by atoms with Crippen LogP contribution in [-0.4, -0.2) is 48.3 Å². The van der Waals surface area contributed by atoms with Gasteiger partial charge in [0.15, 0.2) is 5.13 Å². The van der Waals surface area contributed by atoms with Gasteiger partial charge in [-0.3, -0.25) is 4.79 Å². The lowest BCUT2D eigenvalue weighted by molar-refractivity contribution is -0.121. The summed E-state index contributed by atoms with van der Waals surface area (Å²) in [4.78, 5) is 26.3. The van der Waals surface area contributed by atoms with Crippen molar-refractivity contribution in [3.05, 3.63) is 11.1 Å². The predicted octanol–water partition coefficient (Wildman–Crippen LogP) is 0.404. The lowest BCUT2D eigenvalue weighted by Crippen LogP contribution is -2.38. The van der Waals surface area contributed by atoms with E-state index in [2.05, 4.69) is 15.6 Å². The minimum atomic E-state index is -1.03. The first-order chi connectivity index (χ1) is 8.54. The Morgan fingerprint density at radius 3 is 2.89 bits per heavy atom. The Kier molecular flexibility index (Phi) is 5.53. The van der Waals surface area contributed by atoms with Crippen molar-refractivity contribution in [3.8, 4) is 0 Å². The maximum absolute atomic E-state index is 11.6. The van der Waals surface area contributed by atoms with Crippen LogP contribution < -0.4 is 10.6 Å². The van der Waals surface area contributed by atoms with E-state index in [4.69, 9.17) is 9.84 Å². The SMILES string of the molecule is COCCNC(=O)C(C)Nc1ncc(C(=O)O)s1. The van der Waals surface area contributed by atoms with Gasteiger partial charge in [-0.05, 0) is 6.92 Å². The monoisotopic (exact) mass is 273 g/mol. The summed E-state index contributed by atoms with van der Waals surface area (Å²) in [6.45, 7) is 2.54. The lowest BCUT2D eigenvalue weighted by atomic mass is 10.3. The van der Waals surface area contributed by atoms with E-state index < -0.39 is 12.0 Å². The largest absolute Gasteiger partial charge is 0.477 e. The van der Waals surface area contributed by atoms with Gasteiger partial charge >= 0.3 is 5.97 Å². The van der Waals surface area contributed by atoms with E-state index in [0.717, 1.165) is 11.3 Å². The average Bonchev–Trinajstić information content (AvgIpc) is 2.77. The molecule has 1 heterocycles. The summed E-state index contributed by atoms with van der Waals surface area (Å²) >= 11 is 0.989. The van der Waals surface area contributed by atoms with E-state index >= 15 is 0 Å². The topological polar surface area (TPSA) is 101 Å². The van der Waals surface area contributed by atoms with Gasteiger partial charge in [0.05, 0.1) is 12.8 Å². The molecule has 1 unspecified atom stereocenters. The number of rotatable bonds is 7. The molecule has 1 rings (SSSR count). The van der Waals surface area contributed by atoms with Crippen LogP contribution >= 0.6 is 11.3 Å². The number of amides is 1. The summed E-state index contributed by atoms with van der Waals surface area (Å²) in [5.74, 6) is -1.23. The van der Waals surface area contributed by atoms with Crippen molar-refractivity contribution in [3.63, 3.8) is 0 Å². The van der Waals surface area contributed by atoms with Crippen molar-refractivity contribution in [2.24, 2.45) is 0 Å². The fourth-order valence-corrected chi connectivity index (χ4v) is 1.86. The molecule has 18 heavy (non-hydrogen) atoms. The molecule has 3 N–H and O–H groups in total. The number of nitrogens with one attached hydrogen (secondary N) is 2. The first-order valence-corrected chi connectivity index (χ1v) is 6.08. The molecule has 1 aromatic rings. The second kappa shape index (κ2) is 6.92. The number of hydrogen-bond donors (Lipinski definition) is 3. The normalized spacial score (nSPS) is 11.9. The quantitative estimate of drug-likeness (QED) is 0.622. The van der Waals surface area contributed by atoms with E-state index in [1.54, 1.807) is 14.0 Å².